The fraction of sp³-hybridized carbons (Fsp3) is 1.00. The van der Waals surface area contributed by atoms with Gasteiger partial charge in [0.05, 0.1) is 6.10 Å². The lowest BCUT2D eigenvalue weighted by molar-refractivity contribution is 0.0590. The molecule has 2 heteroatoms. The first-order valence-corrected chi connectivity index (χ1v) is 6.22. The molecule has 90 valence electrons. The summed E-state index contributed by atoms with van der Waals surface area (Å²) in [6.45, 7) is 9.19. The van der Waals surface area contributed by atoms with Crippen LogP contribution in [0.5, 0.6) is 0 Å². The van der Waals surface area contributed by atoms with Gasteiger partial charge in [0, 0.05) is 19.2 Å². The summed E-state index contributed by atoms with van der Waals surface area (Å²) < 4.78 is 5.38. The zero-order valence-corrected chi connectivity index (χ0v) is 11.0. The molecule has 1 N–H and O–H groups in total. The van der Waals surface area contributed by atoms with Crippen LogP contribution in [0.3, 0.4) is 0 Å². The molecule has 2 nitrogen and oxygen atoms in total. The molecule has 15 heavy (non-hydrogen) atoms. The molecule has 0 aromatic rings. The molecule has 0 spiro atoms. The van der Waals surface area contributed by atoms with E-state index < -0.39 is 0 Å². The first kappa shape index (κ1) is 13.0. The molecule has 0 bridgehead atoms. The Labute approximate surface area is 94.8 Å². The molecule has 1 aliphatic rings. The predicted octanol–water partition coefficient (Wildman–Crippen LogP) is 2.97. The Morgan fingerprint density at radius 1 is 1.13 bits per heavy atom. The van der Waals surface area contributed by atoms with Gasteiger partial charge in [-0.25, -0.2) is 0 Å². The van der Waals surface area contributed by atoms with Gasteiger partial charge in [-0.05, 0) is 38.0 Å². The highest BCUT2D eigenvalue weighted by Crippen LogP contribution is 2.24. The second-order valence-electron chi connectivity index (χ2n) is 5.96. The number of rotatable bonds is 3. The summed E-state index contributed by atoms with van der Waals surface area (Å²) in [4.78, 5) is 0. The molecule has 1 unspecified atom stereocenters. The molecule has 1 aliphatic carbocycles. The Bertz CT molecular complexity index is 177. The van der Waals surface area contributed by atoms with Crippen LogP contribution in [0.4, 0.5) is 0 Å². The van der Waals surface area contributed by atoms with Gasteiger partial charge in [-0.2, -0.15) is 0 Å². The van der Waals surface area contributed by atoms with E-state index in [0.29, 0.717) is 23.6 Å². The van der Waals surface area contributed by atoms with Crippen LogP contribution in [0.15, 0.2) is 0 Å². The quantitative estimate of drug-likeness (QED) is 0.778. The number of methoxy groups -OCH3 is 1. The summed E-state index contributed by atoms with van der Waals surface area (Å²) in [7, 11) is 1.83. The molecule has 0 aromatic carbocycles. The highest BCUT2D eigenvalue weighted by Gasteiger charge is 2.26. The van der Waals surface area contributed by atoms with Crippen LogP contribution in [0, 0.1) is 5.41 Å². The number of nitrogens with one attached hydrogen (secondary N) is 1. The maximum Gasteiger partial charge on any atom is 0.0572 e. The van der Waals surface area contributed by atoms with Gasteiger partial charge in [0.25, 0.3) is 0 Å². The lowest BCUT2D eigenvalue weighted by Crippen LogP contribution is -2.45. The van der Waals surface area contributed by atoms with Crippen molar-refractivity contribution in [2.45, 2.75) is 71.6 Å². The van der Waals surface area contributed by atoms with Crippen LogP contribution >= 0.6 is 0 Å². The van der Waals surface area contributed by atoms with E-state index in [4.69, 9.17) is 4.74 Å². The van der Waals surface area contributed by atoms with Gasteiger partial charge in [-0.3, -0.25) is 0 Å². The van der Waals surface area contributed by atoms with Gasteiger partial charge in [0.15, 0.2) is 0 Å². The van der Waals surface area contributed by atoms with E-state index in [-0.39, 0.29) is 0 Å². The van der Waals surface area contributed by atoms with E-state index in [2.05, 4.69) is 33.0 Å². The summed E-state index contributed by atoms with van der Waals surface area (Å²) in [6.07, 6.45) is 5.46. The van der Waals surface area contributed by atoms with Gasteiger partial charge in [-0.15, -0.1) is 0 Å². The standard InChI is InChI=1S/C13H27NO/c1-10(13(2,3)4)14-11-6-8-12(15-5)9-7-11/h10-12,14H,6-9H2,1-5H3. The Morgan fingerprint density at radius 3 is 2.07 bits per heavy atom. The van der Waals surface area contributed by atoms with Crippen LogP contribution in [0.1, 0.15) is 53.4 Å². The maximum absolute atomic E-state index is 5.38. The van der Waals surface area contributed by atoms with E-state index in [0.717, 1.165) is 0 Å². The third-order valence-corrected chi connectivity index (χ3v) is 3.79. The van der Waals surface area contributed by atoms with E-state index in [1.807, 2.05) is 7.11 Å². The van der Waals surface area contributed by atoms with Crippen molar-refractivity contribution in [3.05, 3.63) is 0 Å². The van der Waals surface area contributed by atoms with Crippen LogP contribution in [0.2, 0.25) is 0 Å². The number of ether oxygens (including phenoxy) is 1. The minimum atomic E-state index is 0.359. The molecule has 1 fully saturated rings. The Balaban J connectivity index is 2.29. The molecule has 1 atom stereocenters. The third-order valence-electron chi connectivity index (χ3n) is 3.79. The highest BCUT2D eigenvalue weighted by molar-refractivity contribution is 4.83. The van der Waals surface area contributed by atoms with E-state index in [9.17, 15) is 0 Å². The van der Waals surface area contributed by atoms with E-state index >= 15 is 0 Å². The molecule has 0 saturated heterocycles. The van der Waals surface area contributed by atoms with Crippen molar-refractivity contribution in [1.29, 1.82) is 0 Å². The Hall–Kier alpha value is -0.0800. The topological polar surface area (TPSA) is 21.3 Å². The summed E-state index contributed by atoms with van der Waals surface area (Å²) >= 11 is 0. The fourth-order valence-corrected chi connectivity index (χ4v) is 2.07. The van der Waals surface area contributed by atoms with Crippen LogP contribution in [-0.4, -0.2) is 25.3 Å². The highest BCUT2D eigenvalue weighted by atomic mass is 16.5. The second kappa shape index (κ2) is 5.31. The van der Waals surface area contributed by atoms with Crippen molar-refractivity contribution in [3.8, 4) is 0 Å². The minimum absolute atomic E-state index is 0.359. The fourth-order valence-electron chi connectivity index (χ4n) is 2.07. The van der Waals surface area contributed by atoms with Gasteiger partial charge < -0.3 is 10.1 Å². The number of hydrogen-bond acceptors (Lipinski definition) is 2. The molecule has 0 amide bonds. The van der Waals surface area contributed by atoms with E-state index in [1.54, 1.807) is 0 Å². The summed E-state index contributed by atoms with van der Waals surface area (Å²) in [5, 5.41) is 3.75. The molecule has 1 rings (SSSR count). The summed E-state index contributed by atoms with van der Waals surface area (Å²) in [5.74, 6) is 0. The molecule has 0 heterocycles. The van der Waals surface area contributed by atoms with Crippen molar-refractivity contribution in [1.82, 2.24) is 5.32 Å². The second-order valence-corrected chi connectivity index (χ2v) is 5.96. The molecular formula is C13H27NO. The van der Waals surface area contributed by atoms with Crippen LogP contribution in [-0.2, 0) is 4.74 Å². The first-order chi connectivity index (χ1) is 6.93. The molecule has 0 aromatic heterocycles. The zero-order valence-electron chi connectivity index (χ0n) is 11.0. The van der Waals surface area contributed by atoms with Gasteiger partial charge in [-0.1, -0.05) is 20.8 Å². The smallest absolute Gasteiger partial charge is 0.0572 e. The van der Waals surface area contributed by atoms with Crippen molar-refractivity contribution in [3.63, 3.8) is 0 Å². The summed E-state index contributed by atoms with van der Waals surface area (Å²) in [5.41, 5.74) is 0.359. The van der Waals surface area contributed by atoms with E-state index in [1.165, 1.54) is 25.7 Å². The maximum atomic E-state index is 5.38. The van der Waals surface area contributed by atoms with Crippen molar-refractivity contribution >= 4 is 0 Å². The predicted molar refractivity (Wildman–Crippen MR) is 65.1 cm³/mol. The van der Waals surface area contributed by atoms with Crippen molar-refractivity contribution in [2.24, 2.45) is 5.41 Å². The average Bonchev–Trinajstić information content (AvgIpc) is 2.17. The van der Waals surface area contributed by atoms with Crippen LogP contribution in [0.25, 0.3) is 0 Å². The average molecular weight is 213 g/mol. The largest absolute Gasteiger partial charge is 0.381 e. The first-order valence-electron chi connectivity index (χ1n) is 6.22. The van der Waals surface area contributed by atoms with Gasteiger partial charge in [0.2, 0.25) is 0 Å². The third kappa shape index (κ3) is 4.12. The Kier molecular flexibility index (Phi) is 4.60. The molecule has 0 aliphatic heterocycles. The summed E-state index contributed by atoms with van der Waals surface area (Å²) in [6, 6.07) is 1.28. The molecule has 1 saturated carbocycles. The Morgan fingerprint density at radius 2 is 1.67 bits per heavy atom. The molecule has 0 radical (unpaired) electrons. The monoisotopic (exact) mass is 213 g/mol. The minimum Gasteiger partial charge on any atom is -0.381 e. The van der Waals surface area contributed by atoms with Gasteiger partial charge >= 0.3 is 0 Å². The van der Waals surface area contributed by atoms with Crippen LogP contribution < -0.4 is 5.32 Å². The lowest BCUT2D eigenvalue weighted by Gasteiger charge is -2.35. The lowest BCUT2D eigenvalue weighted by atomic mass is 9.85. The van der Waals surface area contributed by atoms with Crippen molar-refractivity contribution in [2.75, 3.05) is 7.11 Å². The number of hydrogen-bond donors (Lipinski definition) is 1. The van der Waals surface area contributed by atoms with Crippen molar-refractivity contribution < 1.29 is 4.74 Å². The molecular weight excluding hydrogens is 186 g/mol. The zero-order chi connectivity index (χ0) is 11.5. The SMILES string of the molecule is COC1CCC(NC(C)C(C)(C)C)CC1. The normalized spacial score (nSPS) is 30.2. The van der Waals surface area contributed by atoms with Gasteiger partial charge in [0.1, 0.15) is 0 Å².